The van der Waals surface area contributed by atoms with Gasteiger partial charge in [-0.3, -0.25) is 4.79 Å². The van der Waals surface area contributed by atoms with E-state index in [4.69, 9.17) is 23.2 Å². The minimum atomic E-state index is -5.79. The Morgan fingerprint density at radius 3 is 2.42 bits per heavy atom. The molecule has 0 aromatic heterocycles. The first kappa shape index (κ1) is 21.1. The Bertz CT molecular complexity index is 868. The third kappa shape index (κ3) is 4.02. The molecular weight excluding hydrogens is 414 g/mol. The maximum absolute atomic E-state index is 12.6. The summed E-state index contributed by atoms with van der Waals surface area (Å²) < 4.78 is 61.4. The van der Waals surface area contributed by atoms with Gasteiger partial charge in [-0.25, -0.2) is 4.72 Å². The Morgan fingerprint density at radius 2 is 1.88 bits per heavy atom. The second kappa shape index (κ2) is 7.05. The molecule has 0 bridgehead atoms. The van der Waals surface area contributed by atoms with Gasteiger partial charge in [-0.1, -0.05) is 49.2 Å². The van der Waals surface area contributed by atoms with Crippen LogP contribution in [0.3, 0.4) is 0 Å². The van der Waals surface area contributed by atoms with Gasteiger partial charge >= 0.3 is 15.5 Å². The molecule has 1 aromatic carbocycles. The van der Waals surface area contributed by atoms with E-state index in [1.807, 2.05) is 6.92 Å². The molecule has 1 aromatic rings. The Labute approximate surface area is 159 Å². The second-order valence-corrected chi connectivity index (χ2v) is 8.99. The summed E-state index contributed by atoms with van der Waals surface area (Å²) in [6.45, 7) is 3.58. The average Bonchev–Trinajstić information content (AvgIpc) is 2.48. The van der Waals surface area contributed by atoms with Crippen molar-refractivity contribution in [2.24, 2.45) is 5.92 Å². The molecule has 2 unspecified atom stereocenters. The third-order valence-electron chi connectivity index (χ3n) is 4.41. The molecule has 1 amide bonds. The number of amides is 1. The van der Waals surface area contributed by atoms with E-state index >= 15 is 0 Å². The van der Waals surface area contributed by atoms with Crippen molar-refractivity contribution < 1.29 is 26.4 Å². The summed E-state index contributed by atoms with van der Waals surface area (Å²) in [4.78, 5) is 12.4. The predicted molar refractivity (Wildman–Crippen MR) is 93.4 cm³/mol. The molecule has 1 aliphatic carbocycles. The van der Waals surface area contributed by atoms with Crippen LogP contribution in [-0.4, -0.2) is 19.8 Å². The van der Waals surface area contributed by atoms with Crippen molar-refractivity contribution in [2.45, 2.75) is 37.6 Å². The normalized spacial score (nSPS) is 24.1. The molecular formula is C16H16Cl2F3NO3S. The SMILES string of the molecule is CC1CC=C(C(=O)NS(=O)(=O)C(F)(F)F)C(C)(c2ccc(Cl)c(Cl)c2)C1. The Balaban J connectivity index is 2.47. The summed E-state index contributed by atoms with van der Waals surface area (Å²) >= 11 is 11.9. The number of nitrogens with one attached hydrogen (secondary N) is 1. The van der Waals surface area contributed by atoms with Gasteiger partial charge in [-0.15, -0.1) is 0 Å². The molecule has 2 rings (SSSR count). The molecule has 144 valence electrons. The van der Waals surface area contributed by atoms with Crippen LogP contribution >= 0.6 is 23.2 Å². The lowest BCUT2D eigenvalue weighted by Gasteiger charge is -2.38. The number of hydrogen-bond acceptors (Lipinski definition) is 3. The van der Waals surface area contributed by atoms with Crippen LogP contribution in [0.1, 0.15) is 32.3 Å². The first-order chi connectivity index (χ1) is 11.8. The first-order valence-electron chi connectivity index (χ1n) is 7.57. The van der Waals surface area contributed by atoms with Gasteiger partial charge in [0.2, 0.25) is 0 Å². The van der Waals surface area contributed by atoms with Crippen molar-refractivity contribution in [3.63, 3.8) is 0 Å². The van der Waals surface area contributed by atoms with Crippen LogP contribution in [0.2, 0.25) is 10.0 Å². The van der Waals surface area contributed by atoms with Crippen LogP contribution in [0, 0.1) is 5.92 Å². The molecule has 0 radical (unpaired) electrons. The average molecular weight is 430 g/mol. The number of carbonyl (C=O) groups excluding carboxylic acids is 1. The topological polar surface area (TPSA) is 63.2 Å². The van der Waals surface area contributed by atoms with Crippen LogP contribution in [-0.2, 0) is 20.2 Å². The third-order valence-corrected chi connectivity index (χ3v) is 6.21. The Hall–Kier alpha value is -1.25. The van der Waals surface area contributed by atoms with E-state index < -0.39 is 26.9 Å². The fourth-order valence-electron chi connectivity index (χ4n) is 3.13. The summed E-state index contributed by atoms with van der Waals surface area (Å²) in [5.41, 5.74) is -6.09. The largest absolute Gasteiger partial charge is 0.516 e. The molecule has 1 aliphatic rings. The predicted octanol–water partition coefficient (Wildman–Crippen LogP) is 4.57. The van der Waals surface area contributed by atoms with Gasteiger partial charge in [0.1, 0.15) is 0 Å². The molecule has 0 spiro atoms. The first-order valence-corrected chi connectivity index (χ1v) is 9.81. The minimum Gasteiger partial charge on any atom is -0.269 e. The summed E-state index contributed by atoms with van der Waals surface area (Å²) in [5, 5.41) is 0.517. The standard InChI is InChI=1S/C16H16Cl2F3NO3S/c1-9-3-5-11(14(23)22-26(24,25)16(19,20)21)15(2,8-9)10-4-6-12(17)13(18)7-10/h4-7,9H,3,8H2,1-2H3,(H,22,23). The lowest BCUT2D eigenvalue weighted by molar-refractivity contribution is -0.117. The van der Waals surface area contributed by atoms with Gasteiger partial charge in [0, 0.05) is 11.0 Å². The molecule has 1 N–H and O–H groups in total. The van der Waals surface area contributed by atoms with E-state index in [9.17, 15) is 26.4 Å². The van der Waals surface area contributed by atoms with E-state index in [0.717, 1.165) is 4.72 Å². The summed E-state index contributed by atoms with van der Waals surface area (Å²) in [6, 6.07) is 4.67. The van der Waals surface area contributed by atoms with E-state index in [1.54, 1.807) is 13.0 Å². The van der Waals surface area contributed by atoms with Crippen LogP contribution in [0.5, 0.6) is 0 Å². The fourth-order valence-corrected chi connectivity index (χ4v) is 3.89. The van der Waals surface area contributed by atoms with Crippen LogP contribution in [0.25, 0.3) is 0 Å². The highest BCUT2D eigenvalue weighted by Gasteiger charge is 2.49. The molecule has 0 saturated heterocycles. The zero-order valence-corrected chi connectivity index (χ0v) is 16.2. The number of allylic oxidation sites excluding steroid dienone is 1. The van der Waals surface area contributed by atoms with Crippen LogP contribution in [0.4, 0.5) is 13.2 Å². The number of halogens is 5. The molecule has 0 saturated carbocycles. The molecule has 0 fully saturated rings. The summed E-state index contributed by atoms with van der Waals surface area (Å²) in [7, 11) is -5.79. The van der Waals surface area contributed by atoms with Gasteiger partial charge in [-0.05, 0) is 36.5 Å². The molecule has 0 aliphatic heterocycles. The fraction of sp³-hybridized carbons (Fsp3) is 0.438. The maximum Gasteiger partial charge on any atom is 0.516 e. The maximum atomic E-state index is 12.6. The number of rotatable bonds is 3. The Kier molecular flexibility index (Phi) is 5.71. The second-order valence-electron chi connectivity index (χ2n) is 6.50. The highest BCUT2D eigenvalue weighted by Crippen LogP contribution is 2.44. The quantitative estimate of drug-likeness (QED) is 0.764. The zero-order valence-electron chi connectivity index (χ0n) is 13.8. The van der Waals surface area contributed by atoms with Crippen molar-refractivity contribution in [2.75, 3.05) is 0 Å². The van der Waals surface area contributed by atoms with E-state index in [2.05, 4.69) is 0 Å². The van der Waals surface area contributed by atoms with Crippen molar-refractivity contribution in [3.05, 3.63) is 45.5 Å². The lowest BCUT2D eigenvalue weighted by atomic mass is 9.66. The van der Waals surface area contributed by atoms with Crippen molar-refractivity contribution >= 4 is 39.1 Å². The number of hydrogen-bond donors (Lipinski definition) is 1. The van der Waals surface area contributed by atoms with Gasteiger partial charge < -0.3 is 0 Å². The molecule has 26 heavy (non-hydrogen) atoms. The monoisotopic (exact) mass is 429 g/mol. The highest BCUT2D eigenvalue weighted by molar-refractivity contribution is 7.90. The van der Waals surface area contributed by atoms with E-state index in [0.29, 0.717) is 18.4 Å². The van der Waals surface area contributed by atoms with Gasteiger partial charge in [0.05, 0.1) is 10.0 Å². The lowest BCUT2D eigenvalue weighted by Crippen LogP contribution is -2.45. The summed E-state index contributed by atoms with van der Waals surface area (Å²) in [5.74, 6) is -1.17. The molecule has 0 heterocycles. The van der Waals surface area contributed by atoms with Gasteiger partial charge in [0.15, 0.2) is 0 Å². The summed E-state index contributed by atoms with van der Waals surface area (Å²) in [6.07, 6.45) is 2.33. The number of sulfonamides is 1. The Morgan fingerprint density at radius 1 is 1.27 bits per heavy atom. The van der Waals surface area contributed by atoms with Crippen LogP contribution < -0.4 is 4.72 Å². The smallest absolute Gasteiger partial charge is 0.269 e. The number of alkyl halides is 3. The molecule has 10 heteroatoms. The van der Waals surface area contributed by atoms with E-state index in [-0.39, 0.29) is 21.5 Å². The van der Waals surface area contributed by atoms with E-state index in [1.165, 1.54) is 18.2 Å². The van der Waals surface area contributed by atoms with Crippen molar-refractivity contribution in [3.8, 4) is 0 Å². The molecule has 2 atom stereocenters. The highest BCUT2D eigenvalue weighted by atomic mass is 35.5. The van der Waals surface area contributed by atoms with Crippen molar-refractivity contribution in [1.82, 2.24) is 4.72 Å². The van der Waals surface area contributed by atoms with Gasteiger partial charge in [-0.2, -0.15) is 21.6 Å². The number of benzene rings is 1. The van der Waals surface area contributed by atoms with Crippen molar-refractivity contribution in [1.29, 1.82) is 0 Å². The number of carbonyl (C=O) groups is 1. The van der Waals surface area contributed by atoms with Crippen LogP contribution in [0.15, 0.2) is 29.8 Å². The minimum absolute atomic E-state index is 0.0539. The van der Waals surface area contributed by atoms with Gasteiger partial charge in [0.25, 0.3) is 5.91 Å². The zero-order chi connectivity index (χ0) is 19.9. The molecule has 4 nitrogen and oxygen atoms in total.